The van der Waals surface area contributed by atoms with Crippen LogP contribution in [0.4, 0.5) is 11.4 Å². The molecule has 31 heavy (non-hydrogen) atoms. The van der Waals surface area contributed by atoms with Gasteiger partial charge in [0.05, 0.1) is 5.69 Å². The number of nitrogens with zero attached hydrogens (tertiary/aromatic N) is 2. The van der Waals surface area contributed by atoms with Crippen LogP contribution in [0.5, 0.6) is 0 Å². The van der Waals surface area contributed by atoms with Crippen LogP contribution in [-0.4, -0.2) is 6.17 Å². The molecule has 3 nitrogen and oxygen atoms in total. The molecule has 4 aromatic rings. The summed E-state index contributed by atoms with van der Waals surface area (Å²) in [6.45, 7) is 9.14. The number of aryl methyl sites for hydroxylation is 1. The standard InChI is InChI=1S/C28H28N2O/c1-17(2)20-9-7-10-21-19(4)16-25-29(14-15-30(25)27(20)21)26-18(3)12-13-23-22-8-5-6-11-24(22)31-28(23)26/h5-15,17,19,25H,16H2,1-4H3/t19?,25-/m1/s1. The Kier molecular flexibility index (Phi) is 3.98. The molecule has 0 radical (unpaired) electrons. The summed E-state index contributed by atoms with van der Waals surface area (Å²) in [6, 6.07) is 19.6. The SMILES string of the molecule is Cc1ccc2c(oc3ccccc32)c1N1C=CN2c3c(C(C)C)cccc3C(C)C[C@@H]21. The van der Waals surface area contributed by atoms with Crippen LogP contribution >= 0.6 is 0 Å². The lowest BCUT2D eigenvalue weighted by Gasteiger charge is -2.42. The van der Waals surface area contributed by atoms with Gasteiger partial charge in [0, 0.05) is 28.9 Å². The van der Waals surface area contributed by atoms with E-state index in [4.69, 9.17) is 4.42 Å². The van der Waals surface area contributed by atoms with E-state index in [-0.39, 0.29) is 6.17 Å². The fourth-order valence-corrected chi connectivity index (χ4v) is 5.53. The van der Waals surface area contributed by atoms with Crippen molar-refractivity contribution in [2.75, 3.05) is 9.80 Å². The lowest BCUT2D eigenvalue weighted by Crippen LogP contribution is -2.43. The predicted octanol–water partition coefficient (Wildman–Crippen LogP) is 7.65. The fourth-order valence-electron chi connectivity index (χ4n) is 5.53. The van der Waals surface area contributed by atoms with E-state index >= 15 is 0 Å². The zero-order valence-corrected chi connectivity index (χ0v) is 18.6. The van der Waals surface area contributed by atoms with E-state index in [2.05, 4.69) is 98.4 Å². The number of fused-ring (bicyclic) bond motifs is 6. The Bertz CT molecular complexity index is 1330. The molecule has 3 aromatic carbocycles. The Morgan fingerprint density at radius 1 is 0.871 bits per heavy atom. The number of hydrogen-bond acceptors (Lipinski definition) is 3. The van der Waals surface area contributed by atoms with Gasteiger partial charge in [-0.3, -0.25) is 0 Å². The molecule has 1 aromatic heterocycles. The third-order valence-corrected chi connectivity index (χ3v) is 7.08. The highest BCUT2D eigenvalue weighted by molar-refractivity contribution is 6.09. The van der Waals surface area contributed by atoms with Crippen molar-refractivity contribution in [2.24, 2.45) is 0 Å². The maximum absolute atomic E-state index is 6.42. The smallest absolute Gasteiger partial charge is 0.159 e. The molecule has 156 valence electrons. The molecule has 1 unspecified atom stereocenters. The zero-order valence-electron chi connectivity index (χ0n) is 18.6. The summed E-state index contributed by atoms with van der Waals surface area (Å²) in [4.78, 5) is 4.93. The Morgan fingerprint density at radius 3 is 2.45 bits per heavy atom. The average molecular weight is 409 g/mol. The van der Waals surface area contributed by atoms with Crippen LogP contribution in [0.3, 0.4) is 0 Å². The van der Waals surface area contributed by atoms with Gasteiger partial charge >= 0.3 is 0 Å². The van der Waals surface area contributed by atoms with Crippen LogP contribution in [0, 0.1) is 6.92 Å². The van der Waals surface area contributed by atoms with E-state index in [1.54, 1.807) is 0 Å². The molecular formula is C28H28N2O. The molecule has 3 heteroatoms. The Hall–Kier alpha value is -3.20. The first kappa shape index (κ1) is 18.6. The summed E-state index contributed by atoms with van der Waals surface area (Å²) in [6.07, 6.45) is 5.86. The van der Waals surface area contributed by atoms with Crippen molar-refractivity contribution < 1.29 is 4.42 Å². The van der Waals surface area contributed by atoms with Gasteiger partial charge in [-0.1, -0.05) is 69.3 Å². The van der Waals surface area contributed by atoms with Crippen LogP contribution in [0.1, 0.15) is 55.7 Å². The van der Waals surface area contributed by atoms with E-state index in [1.807, 2.05) is 6.07 Å². The van der Waals surface area contributed by atoms with E-state index in [0.29, 0.717) is 11.8 Å². The number of furan rings is 1. The molecule has 0 fully saturated rings. The van der Waals surface area contributed by atoms with Gasteiger partial charge in [-0.2, -0.15) is 0 Å². The van der Waals surface area contributed by atoms with E-state index < -0.39 is 0 Å². The number of hydrogen-bond donors (Lipinski definition) is 0. The van der Waals surface area contributed by atoms with Gasteiger partial charge in [0.1, 0.15) is 11.7 Å². The summed E-state index contributed by atoms with van der Waals surface area (Å²) in [5.74, 6) is 0.997. The van der Waals surface area contributed by atoms with Crippen molar-refractivity contribution in [1.29, 1.82) is 0 Å². The second-order valence-corrected chi connectivity index (χ2v) is 9.38. The van der Waals surface area contributed by atoms with Crippen LogP contribution in [0.15, 0.2) is 71.4 Å². The van der Waals surface area contributed by atoms with E-state index in [1.165, 1.54) is 38.8 Å². The predicted molar refractivity (Wildman–Crippen MR) is 130 cm³/mol. The monoisotopic (exact) mass is 408 g/mol. The van der Waals surface area contributed by atoms with E-state index in [9.17, 15) is 0 Å². The summed E-state index contributed by atoms with van der Waals surface area (Å²) in [7, 11) is 0. The number of para-hydroxylation sites is 2. The van der Waals surface area contributed by atoms with Gasteiger partial charge in [0.25, 0.3) is 0 Å². The Balaban J connectivity index is 1.53. The van der Waals surface area contributed by atoms with Crippen LogP contribution < -0.4 is 9.80 Å². The minimum atomic E-state index is 0.264. The van der Waals surface area contributed by atoms with Crippen molar-refractivity contribution in [1.82, 2.24) is 0 Å². The molecule has 2 atom stereocenters. The van der Waals surface area contributed by atoms with Crippen molar-refractivity contribution in [2.45, 2.75) is 52.1 Å². The fraction of sp³-hybridized carbons (Fsp3) is 0.286. The van der Waals surface area contributed by atoms with Crippen LogP contribution in [0.25, 0.3) is 21.9 Å². The molecule has 0 spiro atoms. The topological polar surface area (TPSA) is 19.6 Å². The van der Waals surface area contributed by atoms with Gasteiger partial charge < -0.3 is 14.2 Å². The maximum atomic E-state index is 6.42. The minimum absolute atomic E-state index is 0.264. The third-order valence-electron chi connectivity index (χ3n) is 7.08. The third kappa shape index (κ3) is 2.59. The lowest BCUT2D eigenvalue weighted by atomic mass is 9.85. The zero-order chi connectivity index (χ0) is 21.3. The molecule has 0 N–H and O–H groups in total. The average Bonchev–Trinajstić information content (AvgIpc) is 3.34. The van der Waals surface area contributed by atoms with Gasteiger partial charge in [-0.05, 0) is 47.9 Å². The molecule has 2 aliphatic heterocycles. The molecule has 2 aliphatic rings. The van der Waals surface area contributed by atoms with Crippen molar-refractivity contribution in [3.63, 3.8) is 0 Å². The molecule has 0 saturated carbocycles. The largest absolute Gasteiger partial charge is 0.454 e. The minimum Gasteiger partial charge on any atom is -0.454 e. The van der Waals surface area contributed by atoms with Gasteiger partial charge in [0.15, 0.2) is 5.58 Å². The molecule has 0 saturated heterocycles. The van der Waals surface area contributed by atoms with Gasteiger partial charge in [-0.25, -0.2) is 0 Å². The van der Waals surface area contributed by atoms with E-state index in [0.717, 1.165) is 17.6 Å². The Morgan fingerprint density at radius 2 is 1.65 bits per heavy atom. The number of anilines is 2. The highest BCUT2D eigenvalue weighted by Crippen LogP contribution is 2.48. The first-order valence-corrected chi connectivity index (χ1v) is 11.3. The second kappa shape index (κ2) is 6.65. The summed E-state index contributed by atoms with van der Waals surface area (Å²) in [5, 5.41) is 2.37. The molecule has 0 aliphatic carbocycles. The number of benzene rings is 3. The molecule has 3 heterocycles. The summed E-state index contributed by atoms with van der Waals surface area (Å²) >= 11 is 0. The van der Waals surface area contributed by atoms with Crippen molar-refractivity contribution in [3.05, 3.63) is 83.7 Å². The van der Waals surface area contributed by atoms with Crippen molar-refractivity contribution in [3.8, 4) is 0 Å². The highest BCUT2D eigenvalue weighted by Gasteiger charge is 2.39. The van der Waals surface area contributed by atoms with Crippen molar-refractivity contribution >= 4 is 33.3 Å². The second-order valence-electron chi connectivity index (χ2n) is 9.38. The maximum Gasteiger partial charge on any atom is 0.159 e. The van der Waals surface area contributed by atoms with Crippen LogP contribution in [0.2, 0.25) is 0 Å². The summed E-state index contributed by atoms with van der Waals surface area (Å²) in [5.41, 5.74) is 8.67. The molecule has 6 rings (SSSR count). The highest BCUT2D eigenvalue weighted by atomic mass is 16.3. The van der Waals surface area contributed by atoms with Crippen LogP contribution in [-0.2, 0) is 0 Å². The lowest BCUT2D eigenvalue weighted by molar-refractivity contribution is 0.527. The first-order valence-electron chi connectivity index (χ1n) is 11.3. The number of rotatable bonds is 2. The molecule has 0 amide bonds. The first-order chi connectivity index (χ1) is 15.0. The normalized spacial score (nSPS) is 20.2. The Labute approximate surface area is 183 Å². The molecule has 0 bridgehead atoms. The quantitative estimate of drug-likeness (QED) is 0.340. The van der Waals surface area contributed by atoms with Gasteiger partial charge in [-0.15, -0.1) is 0 Å². The van der Waals surface area contributed by atoms with Gasteiger partial charge in [0.2, 0.25) is 0 Å². The summed E-state index contributed by atoms with van der Waals surface area (Å²) < 4.78 is 6.42. The molecular weight excluding hydrogens is 380 g/mol.